The molecule has 0 amide bonds. The predicted octanol–water partition coefficient (Wildman–Crippen LogP) is 1.89. The van der Waals surface area contributed by atoms with Crippen LogP contribution in [0.3, 0.4) is 0 Å². The van der Waals surface area contributed by atoms with Crippen LogP contribution in [0, 0.1) is 11.8 Å². The zero-order valence-electron chi connectivity index (χ0n) is 11.6. The Bertz CT molecular complexity index is 315. The molecule has 0 bridgehead atoms. The Kier molecular flexibility index (Phi) is 5.14. The molecule has 0 aromatic heterocycles. The lowest BCUT2D eigenvalue weighted by Gasteiger charge is -2.43. The normalized spacial score (nSPS) is 35.9. The molecule has 0 aromatic rings. The van der Waals surface area contributed by atoms with Gasteiger partial charge in [-0.25, -0.2) is 0 Å². The van der Waals surface area contributed by atoms with Gasteiger partial charge in [0.1, 0.15) is 0 Å². The molecule has 0 radical (unpaired) electrons. The van der Waals surface area contributed by atoms with E-state index in [0.717, 1.165) is 6.42 Å². The SMILES string of the molecule is CCC1O[C@@H](OC(C)=O)C(OC(C)=O)[C@@H](C)[C@@H]1C. The Morgan fingerprint density at radius 2 is 1.61 bits per heavy atom. The average Bonchev–Trinajstić information content (AvgIpc) is 2.27. The minimum atomic E-state index is -0.803. The summed E-state index contributed by atoms with van der Waals surface area (Å²) in [7, 11) is 0. The van der Waals surface area contributed by atoms with Gasteiger partial charge in [-0.05, 0) is 12.3 Å². The van der Waals surface area contributed by atoms with Gasteiger partial charge in [-0.1, -0.05) is 20.8 Å². The van der Waals surface area contributed by atoms with Gasteiger partial charge in [0, 0.05) is 19.8 Å². The third-order valence-electron chi connectivity index (χ3n) is 3.50. The molecule has 0 aromatic carbocycles. The van der Waals surface area contributed by atoms with E-state index in [-0.39, 0.29) is 17.9 Å². The maximum atomic E-state index is 11.1. The first-order valence-electron chi connectivity index (χ1n) is 6.36. The van der Waals surface area contributed by atoms with Gasteiger partial charge >= 0.3 is 11.9 Å². The summed E-state index contributed by atoms with van der Waals surface area (Å²) in [6, 6.07) is 0. The van der Waals surface area contributed by atoms with Gasteiger partial charge in [-0.3, -0.25) is 9.59 Å². The van der Waals surface area contributed by atoms with Crippen LogP contribution >= 0.6 is 0 Å². The molecule has 0 aliphatic carbocycles. The quantitative estimate of drug-likeness (QED) is 0.723. The molecule has 5 nitrogen and oxygen atoms in total. The lowest BCUT2D eigenvalue weighted by Crippen LogP contribution is -2.52. The fourth-order valence-electron chi connectivity index (χ4n) is 2.34. The lowest BCUT2D eigenvalue weighted by atomic mass is 9.82. The van der Waals surface area contributed by atoms with Crippen molar-refractivity contribution in [3.63, 3.8) is 0 Å². The van der Waals surface area contributed by atoms with E-state index in [1.807, 2.05) is 13.8 Å². The number of hydrogen-bond acceptors (Lipinski definition) is 5. The Labute approximate surface area is 108 Å². The predicted molar refractivity (Wildman–Crippen MR) is 64.6 cm³/mol. The number of hydrogen-bond donors (Lipinski definition) is 0. The first-order chi connectivity index (χ1) is 8.36. The van der Waals surface area contributed by atoms with E-state index in [1.165, 1.54) is 13.8 Å². The van der Waals surface area contributed by atoms with Crippen molar-refractivity contribution in [1.29, 1.82) is 0 Å². The molecule has 1 saturated heterocycles. The summed E-state index contributed by atoms with van der Waals surface area (Å²) >= 11 is 0. The maximum Gasteiger partial charge on any atom is 0.305 e. The Morgan fingerprint density at radius 3 is 2.06 bits per heavy atom. The highest BCUT2D eigenvalue weighted by molar-refractivity contribution is 5.67. The fourth-order valence-corrected chi connectivity index (χ4v) is 2.34. The monoisotopic (exact) mass is 258 g/mol. The molecule has 5 heteroatoms. The van der Waals surface area contributed by atoms with E-state index in [2.05, 4.69) is 6.92 Å². The summed E-state index contributed by atoms with van der Waals surface area (Å²) < 4.78 is 16.1. The van der Waals surface area contributed by atoms with Crippen molar-refractivity contribution in [3.8, 4) is 0 Å². The summed E-state index contributed by atoms with van der Waals surface area (Å²) in [5.74, 6) is -0.508. The van der Waals surface area contributed by atoms with Crippen molar-refractivity contribution in [2.24, 2.45) is 11.8 Å². The van der Waals surface area contributed by atoms with Gasteiger partial charge in [0.15, 0.2) is 6.10 Å². The fraction of sp³-hybridized carbons (Fsp3) is 0.846. The highest BCUT2D eigenvalue weighted by atomic mass is 16.7. The smallest absolute Gasteiger partial charge is 0.305 e. The second-order valence-corrected chi connectivity index (χ2v) is 4.85. The lowest BCUT2D eigenvalue weighted by molar-refractivity contribution is -0.266. The molecular formula is C13H22O5. The van der Waals surface area contributed by atoms with E-state index in [0.29, 0.717) is 0 Å². The van der Waals surface area contributed by atoms with Crippen molar-refractivity contribution in [1.82, 2.24) is 0 Å². The van der Waals surface area contributed by atoms with Gasteiger partial charge in [0.25, 0.3) is 0 Å². The van der Waals surface area contributed by atoms with Crippen LogP contribution in [0.5, 0.6) is 0 Å². The van der Waals surface area contributed by atoms with Gasteiger partial charge in [-0.15, -0.1) is 0 Å². The van der Waals surface area contributed by atoms with Crippen LogP contribution in [0.15, 0.2) is 0 Å². The third-order valence-corrected chi connectivity index (χ3v) is 3.50. The van der Waals surface area contributed by atoms with Crippen LogP contribution in [0.2, 0.25) is 0 Å². The summed E-state index contributed by atoms with van der Waals surface area (Å²) in [6.07, 6.45) is -0.501. The zero-order chi connectivity index (χ0) is 13.9. The van der Waals surface area contributed by atoms with Crippen LogP contribution in [0.1, 0.15) is 41.0 Å². The second-order valence-electron chi connectivity index (χ2n) is 4.85. The highest BCUT2D eigenvalue weighted by Crippen LogP contribution is 2.34. The van der Waals surface area contributed by atoms with Gasteiger partial charge in [0.05, 0.1) is 6.10 Å². The van der Waals surface area contributed by atoms with E-state index in [1.54, 1.807) is 0 Å². The molecule has 1 rings (SSSR count). The summed E-state index contributed by atoms with van der Waals surface area (Å²) in [5, 5.41) is 0. The minimum Gasteiger partial charge on any atom is -0.456 e. The second kappa shape index (κ2) is 6.18. The molecule has 1 aliphatic heterocycles. The summed E-state index contributed by atoms with van der Waals surface area (Å²) in [4.78, 5) is 22.2. The number of carbonyl (C=O) groups is 2. The van der Waals surface area contributed by atoms with Crippen LogP contribution in [-0.4, -0.2) is 30.4 Å². The first-order valence-corrected chi connectivity index (χ1v) is 6.36. The van der Waals surface area contributed by atoms with E-state index in [4.69, 9.17) is 14.2 Å². The molecule has 0 spiro atoms. The number of ether oxygens (including phenoxy) is 3. The standard InChI is InChI=1S/C13H22O5/c1-6-11-7(2)8(3)12(16-9(4)14)13(18-11)17-10(5)15/h7-8,11-13H,6H2,1-5H3/t7-,8-,11?,12?,13+/m0/s1. The molecule has 0 N–H and O–H groups in total. The van der Waals surface area contributed by atoms with Crippen LogP contribution < -0.4 is 0 Å². The Balaban J connectivity index is 2.86. The number of rotatable bonds is 3. The highest BCUT2D eigenvalue weighted by Gasteiger charge is 2.44. The van der Waals surface area contributed by atoms with Crippen LogP contribution in [0.4, 0.5) is 0 Å². The van der Waals surface area contributed by atoms with Gasteiger partial charge in [0.2, 0.25) is 6.29 Å². The molecule has 1 fully saturated rings. The van der Waals surface area contributed by atoms with Crippen molar-refractivity contribution < 1.29 is 23.8 Å². The number of carbonyl (C=O) groups excluding carboxylic acids is 2. The summed E-state index contributed by atoms with van der Waals surface area (Å²) in [5.41, 5.74) is 0. The summed E-state index contributed by atoms with van der Waals surface area (Å²) in [6.45, 7) is 8.72. The molecular weight excluding hydrogens is 236 g/mol. The molecule has 18 heavy (non-hydrogen) atoms. The Hall–Kier alpha value is -1.10. The molecule has 1 heterocycles. The maximum absolute atomic E-state index is 11.1. The van der Waals surface area contributed by atoms with Crippen molar-refractivity contribution in [2.45, 2.75) is 59.5 Å². The van der Waals surface area contributed by atoms with Gasteiger partial charge in [-0.2, -0.15) is 0 Å². The number of esters is 2. The Morgan fingerprint density at radius 1 is 1.06 bits per heavy atom. The van der Waals surface area contributed by atoms with Crippen molar-refractivity contribution in [2.75, 3.05) is 0 Å². The molecule has 0 saturated carbocycles. The van der Waals surface area contributed by atoms with Crippen LogP contribution in [-0.2, 0) is 23.8 Å². The molecule has 104 valence electrons. The zero-order valence-corrected chi connectivity index (χ0v) is 11.6. The topological polar surface area (TPSA) is 61.8 Å². The van der Waals surface area contributed by atoms with Crippen molar-refractivity contribution in [3.05, 3.63) is 0 Å². The first kappa shape index (κ1) is 15.0. The molecule has 2 unspecified atom stereocenters. The van der Waals surface area contributed by atoms with E-state index in [9.17, 15) is 9.59 Å². The van der Waals surface area contributed by atoms with Crippen molar-refractivity contribution >= 4 is 11.9 Å². The average molecular weight is 258 g/mol. The largest absolute Gasteiger partial charge is 0.456 e. The third kappa shape index (κ3) is 3.45. The minimum absolute atomic E-state index is 0.0103. The van der Waals surface area contributed by atoms with Crippen LogP contribution in [0.25, 0.3) is 0 Å². The van der Waals surface area contributed by atoms with Gasteiger partial charge < -0.3 is 14.2 Å². The van der Waals surface area contributed by atoms with E-state index >= 15 is 0 Å². The molecule has 5 atom stereocenters. The van der Waals surface area contributed by atoms with E-state index < -0.39 is 24.3 Å². The molecule has 1 aliphatic rings.